The van der Waals surface area contributed by atoms with Gasteiger partial charge in [0.15, 0.2) is 5.78 Å². The van der Waals surface area contributed by atoms with Gasteiger partial charge >= 0.3 is 0 Å². The fourth-order valence-corrected chi connectivity index (χ4v) is 2.16. The second kappa shape index (κ2) is 4.58. The van der Waals surface area contributed by atoms with Gasteiger partial charge in [0.05, 0.1) is 5.57 Å². The average molecular weight is 228 g/mol. The average Bonchev–Trinajstić information content (AvgIpc) is 2.55. The Hall–Kier alpha value is -1.83. The van der Waals surface area contributed by atoms with Crippen molar-refractivity contribution in [1.29, 1.82) is 0 Å². The zero-order valence-corrected chi connectivity index (χ0v) is 10.4. The third kappa shape index (κ3) is 2.31. The monoisotopic (exact) mass is 228 g/mol. The molecule has 1 heterocycles. The molecule has 0 spiro atoms. The SMILES string of the molecule is CC(=O)C1=C(C)OC(C)/C1=C\c1ccccc1. The Balaban J connectivity index is 2.44. The lowest BCUT2D eigenvalue weighted by atomic mass is 9.97. The summed E-state index contributed by atoms with van der Waals surface area (Å²) in [6, 6.07) is 9.98. The van der Waals surface area contributed by atoms with Crippen LogP contribution in [0.5, 0.6) is 0 Å². The highest BCUT2D eigenvalue weighted by Gasteiger charge is 2.28. The van der Waals surface area contributed by atoms with Gasteiger partial charge in [0.2, 0.25) is 0 Å². The largest absolute Gasteiger partial charge is 0.490 e. The summed E-state index contributed by atoms with van der Waals surface area (Å²) in [5.41, 5.74) is 2.79. The molecule has 2 rings (SSSR count). The lowest BCUT2D eigenvalue weighted by molar-refractivity contribution is -0.113. The second-order valence-electron chi connectivity index (χ2n) is 4.26. The Labute approximate surface area is 102 Å². The van der Waals surface area contributed by atoms with E-state index in [4.69, 9.17) is 4.74 Å². The summed E-state index contributed by atoms with van der Waals surface area (Å²) < 4.78 is 5.61. The van der Waals surface area contributed by atoms with Crippen molar-refractivity contribution in [2.24, 2.45) is 0 Å². The van der Waals surface area contributed by atoms with Crippen LogP contribution in [-0.4, -0.2) is 11.9 Å². The smallest absolute Gasteiger partial charge is 0.163 e. The Morgan fingerprint density at radius 1 is 1.29 bits per heavy atom. The van der Waals surface area contributed by atoms with Crippen molar-refractivity contribution in [1.82, 2.24) is 0 Å². The van der Waals surface area contributed by atoms with Gasteiger partial charge in [-0.05, 0) is 32.4 Å². The van der Waals surface area contributed by atoms with Crippen molar-refractivity contribution in [3.63, 3.8) is 0 Å². The number of ketones is 1. The molecule has 17 heavy (non-hydrogen) atoms. The third-order valence-electron chi connectivity index (χ3n) is 2.91. The van der Waals surface area contributed by atoms with Crippen molar-refractivity contribution < 1.29 is 9.53 Å². The molecular weight excluding hydrogens is 212 g/mol. The molecule has 1 atom stereocenters. The molecule has 0 saturated carbocycles. The number of Topliss-reactive ketones (excluding diaryl/α,β-unsaturated/α-hetero) is 1. The lowest BCUT2D eigenvalue weighted by Crippen LogP contribution is -2.06. The second-order valence-corrected chi connectivity index (χ2v) is 4.26. The molecule has 88 valence electrons. The van der Waals surface area contributed by atoms with E-state index in [0.29, 0.717) is 0 Å². The van der Waals surface area contributed by atoms with Gasteiger partial charge in [-0.3, -0.25) is 4.79 Å². The molecule has 1 aromatic rings. The van der Waals surface area contributed by atoms with Crippen LogP contribution in [0.4, 0.5) is 0 Å². The van der Waals surface area contributed by atoms with Crippen LogP contribution in [0.2, 0.25) is 0 Å². The van der Waals surface area contributed by atoms with Gasteiger partial charge < -0.3 is 4.74 Å². The fourth-order valence-electron chi connectivity index (χ4n) is 2.16. The molecule has 2 heteroatoms. The van der Waals surface area contributed by atoms with E-state index in [2.05, 4.69) is 0 Å². The molecule has 0 saturated heterocycles. The van der Waals surface area contributed by atoms with E-state index >= 15 is 0 Å². The zero-order valence-electron chi connectivity index (χ0n) is 10.4. The Morgan fingerprint density at radius 2 is 1.94 bits per heavy atom. The highest BCUT2D eigenvalue weighted by atomic mass is 16.5. The number of benzene rings is 1. The van der Waals surface area contributed by atoms with Gasteiger partial charge in [-0.15, -0.1) is 0 Å². The summed E-state index contributed by atoms with van der Waals surface area (Å²) in [6.07, 6.45) is 1.98. The lowest BCUT2D eigenvalue weighted by Gasteiger charge is -2.07. The van der Waals surface area contributed by atoms with Crippen LogP contribution < -0.4 is 0 Å². The molecule has 0 bridgehead atoms. The van der Waals surface area contributed by atoms with Crippen LogP contribution >= 0.6 is 0 Å². The normalized spacial score (nSPS) is 21.8. The number of hydrogen-bond donors (Lipinski definition) is 0. The first-order valence-electron chi connectivity index (χ1n) is 5.75. The van der Waals surface area contributed by atoms with Crippen LogP contribution in [0.15, 0.2) is 47.2 Å². The first-order valence-corrected chi connectivity index (χ1v) is 5.75. The predicted octanol–water partition coefficient (Wildman–Crippen LogP) is 3.35. The van der Waals surface area contributed by atoms with Crippen LogP contribution in [0.3, 0.4) is 0 Å². The van der Waals surface area contributed by atoms with Gasteiger partial charge in [0.1, 0.15) is 11.9 Å². The highest BCUT2D eigenvalue weighted by Crippen LogP contribution is 2.32. The molecule has 1 aromatic carbocycles. The molecule has 0 radical (unpaired) electrons. The molecular formula is C15H16O2. The summed E-state index contributed by atoms with van der Waals surface area (Å²) in [7, 11) is 0. The molecule has 2 nitrogen and oxygen atoms in total. The van der Waals surface area contributed by atoms with Crippen LogP contribution in [0.1, 0.15) is 26.3 Å². The minimum Gasteiger partial charge on any atom is -0.490 e. The van der Waals surface area contributed by atoms with Crippen LogP contribution in [0, 0.1) is 0 Å². The number of rotatable bonds is 2. The Morgan fingerprint density at radius 3 is 2.53 bits per heavy atom. The highest BCUT2D eigenvalue weighted by molar-refractivity contribution is 6.00. The Bertz CT molecular complexity index is 495. The van der Waals surface area contributed by atoms with E-state index in [1.807, 2.05) is 50.3 Å². The van der Waals surface area contributed by atoms with Crippen LogP contribution in [0.25, 0.3) is 6.08 Å². The van der Waals surface area contributed by atoms with Crippen molar-refractivity contribution in [3.05, 3.63) is 52.8 Å². The van der Waals surface area contributed by atoms with Gasteiger partial charge in [-0.25, -0.2) is 0 Å². The first-order chi connectivity index (χ1) is 8.09. The summed E-state index contributed by atoms with van der Waals surface area (Å²) in [5.74, 6) is 0.793. The topological polar surface area (TPSA) is 26.3 Å². The van der Waals surface area contributed by atoms with Crippen LogP contribution in [-0.2, 0) is 9.53 Å². The minimum atomic E-state index is -0.0471. The maximum atomic E-state index is 11.6. The summed E-state index contributed by atoms with van der Waals surface area (Å²) in [5, 5.41) is 0. The van der Waals surface area contributed by atoms with Crippen molar-refractivity contribution in [2.45, 2.75) is 26.9 Å². The van der Waals surface area contributed by atoms with E-state index in [1.54, 1.807) is 6.92 Å². The molecule has 1 aliphatic rings. The van der Waals surface area contributed by atoms with Gasteiger partial charge in [-0.2, -0.15) is 0 Å². The molecule has 0 N–H and O–H groups in total. The van der Waals surface area contributed by atoms with E-state index in [9.17, 15) is 4.79 Å². The standard InChI is InChI=1S/C15H16O2/c1-10(16)15-12(3)17-11(2)14(15)9-13-7-5-4-6-8-13/h4-9,11H,1-3H3/b14-9+. The molecule has 1 aliphatic heterocycles. The predicted molar refractivity (Wildman–Crippen MR) is 68.3 cm³/mol. The van der Waals surface area contributed by atoms with Gasteiger partial charge in [0.25, 0.3) is 0 Å². The van der Waals surface area contributed by atoms with E-state index in [1.165, 1.54) is 0 Å². The number of ether oxygens (including phenoxy) is 1. The molecule has 0 fully saturated rings. The fraction of sp³-hybridized carbons (Fsp3) is 0.267. The number of carbonyl (C=O) groups is 1. The molecule has 0 aromatic heterocycles. The third-order valence-corrected chi connectivity index (χ3v) is 2.91. The molecule has 0 aliphatic carbocycles. The maximum absolute atomic E-state index is 11.6. The van der Waals surface area contributed by atoms with E-state index < -0.39 is 0 Å². The van der Waals surface area contributed by atoms with Gasteiger partial charge in [-0.1, -0.05) is 30.3 Å². The molecule has 1 unspecified atom stereocenters. The van der Waals surface area contributed by atoms with Gasteiger partial charge in [0, 0.05) is 5.57 Å². The maximum Gasteiger partial charge on any atom is 0.163 e. The first kappa shape index (κ1) is 11.6. The summed E-state index contributed by atoms with van der Waals surface area (Å²) in [4.78, 5) is 11.6. The van der Waals surface area contributed by atoms with Crippen molar-refractivity contribution in [2.75, 3.05) is 0 Å². The van der Waals surface area contributed by atoms with Crippen molar-refractivity contribution >= 4 is 11.9 Å². The minimum absolute atomic E-state index is 0.0471. The van der Waals surface area contributed by atoms with Crippen molar-refractivity contribution in [3.8, 4) is 0 Å². The van der Waals surface area contributed by atoms with E-state index in [-0.39, 0.29) is 11.9 Å². The Kier molecular flexibility index (Phi) is 3.14. The summed E-state index contributed by atoms with van der Waals surface area (Å²) in [6.45, 7) is 5.40. The number of allylic oxidation sites excluding steroid dienone is 1. The number of hydrogen-bond acceptors (Lipinski definition) is 2. The quantitative estimate of drug-likeness (QED) is 0.776. The summed E-state index contributed by atoms with van der Waals surface area (Å²) >= 11 is 0. The molecule has 0 amide bonds. The number of carbonyl (C=O) groups excluding carboxylic acids is 1. The zero-order chi connectivity index (χ0) is 12.4. The van der Waals surface area contributed by atoms with E-state index in [0.717, 1.165) is 22.5 Å².